The Morgan fingerprint density at radius 3 is 1.19 bits per heavy atom. The number of epoxide rings is 2. The van der Waals surface area contributed by atoms with Gasteiger partial charge in [-0.15, -0.1) is 0 Å². The Morgan fingerprint density at radius 1 is 0.531 bits per heavy atom. The largest absolute Gasteiger partial charge is 0.373 e. The van der Waals surface area contributed by atoms with E-state index in [0.717, 1.165) is 38.9 Å². The lowest BCUT2D eigenvalue weighted by Gasteiger charge is -2.35. The highest BCUT2D eigenvalue weighted by Crippen LogP contribution is 2.19. The average Bonchev–Trinajstić information content (AvgIpc) is 3.73. The summed E-state index contributed by atoms with van der Waals surface area (Å²) in [7, 11) is 0. The van der Waals surface area contributed by atoms with E-state index in [2.05, 4.69) is 0 Å². The molecule has 2 atom stereocenters. The second-order valence-electron chi connectivity index (χ2n) is 9.99. The second-order valence-corrected chi connectivity index (χ2v) is 9.99. The van der Waals surface area contributed by atoms with Crippen LogP contribution in [-0.4, -0.2) is 73.2 Å². The molecule has 2 amide bonds. The van der Waals surface area contributed by atoms with Crippen LogP contribution in [0.3, 0.4) is 0 Å². The van der Waals surface area contributed by atoms with Crippen LogP contribution in [0.4, 0.5) is 0 Å². The minimum absolute atomic E-state index is 0.274. The van der Waals surface area contributed by atoms with E-state index < -0.39 is 0 Å². The molecular formula is C26H46N2O4. The normalized spacial score (nSPS) is 22.2. The molecule has 32 heavy (non-hydrogen) atoms. The Bertz CT molecular complexity index is 492. The molecule has 0 aromatic heterocycles. The van der Waals surface area contributed by atoms with Crippen LogP contribution < -0.4 is 0 Å². The van der Waals surface area contributed by atoms with E-state index in [9.17, 15) is 9.59 Å². The van der Waals surface area contributed by atoms with Gasteiger partial charge >= 0.3 is 0 Å². The van der Waals surface area contributed by atoms with Crippen LogP contribution >= 0.6 is 0 Å². The Morgan fingerprint density at radius 2 is 0.844 bits per heavy atom. The van der Waals surface area contributed by atoms with Crippen molar-refractivity contribution in [2.75, 3.05) is 39.4 Å². The Balaban J connectivity index is 1.10. The van der Waals surface area contributed by atoms with Crippen molar-refractivity contribution >= 4 is 11.8 Å². The van der Waals surface area contributed by atoms with Gasteiger partial charge in [0.1, 0.15) is 0 Å². The van der Waals surface area contributed by atoms with Gasteiger partial charge in [0.05, 0.1) is 25.4 Å². The number of nitrogens with zero attached hydrogens (tertiary/aromatic N) is 2. The molecular weight excluding hydrogens is 404 g/mol. The molecule has 3 rings (SSSR count). The van der Waals surface area contributed by atoms with Crippen LogP contribution in [0.25, 0.3) is 0 Å². The fourth-order valence-electron chi connectivity index (χ4n) is 4.70. The number of piperazine rings is 1. The van der Waals surface area contributed by atoms with Crippen molar-refractivity contribution in [3.63, 3.8) is 0 Å². The molecule has 3 heterocycles. The Hall–Kier alpha value is -1.14. The summed E-state index contributed by atoms with van der Waals surface area (Å²) in [6.07, 6.45) is 19.4. The topological polar surface area (TPSA) is 65.7 Å². The minimum Gasteiger partial charge on any atom is -0.373 e. The number of hydrogen-bond acceptors (Lipinski definition) is 4. The van der Waals surface area contributed by atoms with Gasteiger partial charge in [0.2, 0.25) is 11.8 Å². The minimum atomic E-state index is 0.274. The first kappa shape index (κ1) is 25.5. The van der Waals surface area contributed by atoms with Gasteiger partial charge in [-0.3, -0.25) is 9.59 Å². The van der Waals surface area contributed by atoms with E-state index in [1.807, 2.05) is 9.80 Å². The van der Waals surface area contributed by atoms with E-state index in [-0.39, 0.29) is 11.8 Å². The maximum absolute atomic E-state index is 12.5. The van der Waals surface area contributed by atoms with E-state index in [4.69, 9.17) is 9.47 Å². The van der Waals surface area contributed by atoms with Crippen molar-refractivity contribution in [2.45, 2.75) is 115 Å². The number of carbonyl (C=O) groups is 2. The number of rotatable bonds is 18. The Labute approximate surface area is 195 Å². The van der Waals surface area contributed by atoms with Gasteiger partial charge in [-0.25, -0.2) is 0 Å². The molecule has 6 heteroatoms. The maximum atomic E-state index is 12.5. The lowest BCUT2D eigenvalue weighted by atomic mass is 10.1. The molecule has 3 saturated heterocycles. The number of hydrogen-bond donors (Lipinski definition) is 0. The molecule has 0 aliphatic carbocycles. The molecule has 0 N–H and O–H groups in total. The molecule has 3 aliphatic heterocycles. The number of ether oxygens (including phenoxy) is 2. The average molecular weight is 451 g/mol. The Kier molecular flexibility index (Phi) is 11.9. The monoisotopic (exact) mass is 450 g/mol. The van der Waals surface area contributed by atoms with Gasteiger partial charge in [0.25, 0.3) is 0 Å². The third-order valence-corrected chi connectivity index (χ3v) is 7.12. The van der Waals surface area contributed by atoms with Crippen LogP contribution in [0.5, 0.6) is 0 Å². The first-order chi connectivity index (χ1) is 15.7. The lowest BCUT2D eigenvalue weighted by molar-refractivity contribution is -0.139. The quantitative estimate of drug-likeness (QED) is 0.224. The first-order valence-electron chi connectivity index (χ1n) is 13.5. The van der Waals surface area contributed by atoms with Crippen LogP contribution in [0.1, 0.15) is 103 Å². The van der Waals surface area contributed by atoms with Gasteiger partial charge in [-0.05, 0) is 25.7 Å². The summed E-state index contributed by atoms with van der Waals surface area (Å²) in [5.41, 5.74) is 0. The predicted octanol–water partition coefficient (Wildman–Crippen LogP) is 4.70. The highest BCUT2D eigenvalue weighted by molar-refractivity contribution is 5.78. The summed E-state index contributed by atoms with van der Waals surface area (Å²) in [6.45, 7) is 4.78. The van der Waals surface area contributed by atoms with Crippen molar-refractivity contribution in [3.05, 3.63) is 0 Å². The molecule has 184 valence electrons. The molecule has 0 bridgehead atoms. The van der Waals surface area contributed by atoms with Gasteiger partial charge in [-0.1, -0.05) is 64.2 Å². The number of amides is 2. The first-order valence-corrected chi connectivity index (χ1v) is 13.5. The fraction of sp³-hybridized carbons (Fsp3) is 0.923. The van der Waals surface area contributed by atoms with E-state index in [1.165, 1.54) is 64.2 Å². The zero-order valence-corrected chi connectivity index (χ0v) is 20.2. The van der Waals surface area contributed by atoms with Crippen LogP contribution in [0.2, 0.25) is 0 Å². The van der Waals surface area contributed by atoms with Crippen molar-refractivity contribution < 1.29 is 19.1 Å². The molecule has 2 unspecified atom stereocenters. The van der Waals surface area contributed by atoms with Gasteiger partial charge in [0, 0.05) is 39.0 Å². The zero-order valence-electron chi connectivity index (χ0n) is 20.2. The standard InChI is InChI=1S/C26H46N2O4/c29-25(15-11-7-3-1-5-9-13-23-21-31-23)27-17-19-28(20-18-27)26(30)16-12-8-4-2-6-10-14-24-22-32-24/h23-24H,1-22H2. The second kappa shape index (κ2) is 14.9. The summed E-state index contributed by atoms with van der Waals surface area (Å²) in [4.78, 5) is 28.8. The molecule has 3 aliphatic rings. The van der Waals surface area contributed by atoms with E-state index in [0.29, 0.717) is 51.2 Å². The van der Waals surface area contributed by atoms with Crippen molar-refractivity contribution in [2.24, 2.45) is 0 Å². The van der Waals surface area contributed by atoms with Crippen molar-refractivity contribution in [3.8, 4) is 0 Å². The van der Waals surface area contributed by atoms with E-state index >= 15 is 0 Å². The number of carbonyl (C=O) groups excluding carboxylic acids is 2. The summed E-state index contributed by atoms with van der Waals surface area (Å²) in [5, 5.41) is 0. The third-order valence-electron chi connectivity index (χ3n) is 7.12. The molecule has 0 aromatic carbocycles. The molecule has 0 radical (unpaired) electrons. The highest BCUT2D eigenvalue weighted by Gasteiger charge is 2.24. The highest BCUT2D eigenvalue weighted by atomic mass is 16.6. The molecule has 0 aromatic rings. The zero-order chi connectivity index (χ0) is 22.4. The SMILES string of the molecule is O=C(CCCCCCCCC1CO1)N1CCN(C(=O)CCCCCCCCC2CO2)CC1. The molecule has 0 spiro atoms. The lowest BCUT2D eigenvalue weighted by Crippen LogP contribution is -2.50. The molecule has 3 fully saturated rings. The summed E-state index contributed by atoms with van der Waals surface area (Å²) in [5.74, 6) is 0.549. The van der Waals surface area contributed by atoms with Gasteiger partial charge < -0.3 is 19.3 Å². The van der Waals surface area contributed by atoms with Crippen LogP contribution in [0.15, 0.2) is 0 Å². The summed E-state index contributed by atoms with van der Waals surface area (Å²) < 4.78 is 10.5. The van der Waals surface area contributed by atoms with Gasteiger partial charge in [-0.2, -0.15) is 0 Å². The summed E-state index contributed by atoms with van der Waals surface area (Å²) >= 11 is 0. The van der Waals surface area contributed by atoms with E-state index in [1.54, 1.807) is 0 Å². The summed E-state index contributed by atoms with van der Waals surface area (Å²) in [6, 6.07) is 0. The fourth-order valence-corrected chi connectivity index (χ4v) is 4.70. The van der Waals surface area contributed by atoms with Crippen LogP contribution in [0, 0.1) is 0 Å². The molecule has 0 saturated carbocycles. The van der Waals surface area contributed by atoms with Crippen molar-refractivity contribution in [1.29, 1.82) is 0 Å². The number of unbranched alkanes of at least 4 members (excludes halogenated alkanes) is 10. The molecule has 6 nitrogen and oxygen atoms in total. The third kappa shape index (κ3) is 11.1. The maximum Gasteiger partial charge on any atom is 0.222 e. The smallest absolute Gasteiger partial charge is 0.222 e. The van der Waals surface area contributed by atoms with Gasteiger partial charge in [0.15, 0.2) is 0 Å². The van der Waals surface area contributed by atoms with Crippen molar-refractivity contribution in [1.82, 2.24) is 9.80 Å². The van der Waals surface area contributed by atoms with Crippen LogP contribution in [-0.2, 0) is 19.1 Å². The predicted molar refractivity (Wildman–Crippen MR) is 127 cm³/mol.